The molecule has 32 heavy (non-hydrogen) atoms. The van der Waals surface area contributed by atoms with E-state index >= 15 is 0 Å². The Morgan fingerprint density at radius 1 is 1.12 bits per heavy atom. The number of rotatable bonds is 10. The zero-order chi connectivity index (χ0) is 22.5. The van der Waals surface area contributed by atoms with Crippen LogP contribution in [0.2, 0.25) is 0 Å². The number of aromatic amines is 1. The Balaban J connectivity index is 1.58. The van der Waals surface area contributed by atoms with Gasteiger partial charge in [0.15, 0.2) is 5.82 Å². The number of halogens is 1. The van der Waals surface area contributed by atoms with E-state index in [9.17, 15) is 4.79 Å². The lowest BCUT2D eigenvalue weighted by Gasteiger charge is -2.10. The molecule has 0 fully saturated rings. The molecule has 1 aromatic carbocycles. The Morgan fingerprint density at radius 3 is 2.62 bits per heavy atom. The highest BCUT2D eigenvalue weighted by Gasteiger charge is 2.17. The van der Waals surface area contributed by atoms with Crippen LogP contribution in [-0.2, 0) is 13.0 Å². The van der Waals surface area contributed by atoms with Gasteiger partial charge < -0.3 is 4.57 Å². The molecule has 9 nitrogen and oxygen atoms in total. The number of carbonyl (C=O) groups excluding carboxylic acids is 1. The lowest BCUT2D eigenvalue weighted by atomic mass is 10.2. The van der Waals surface area contributed by atoms with Crippen molar-refractivity contribution in [2.45, 2.75) is 52.5 Å². The second-order valence-electron chi connectivity index (χ2n) is 7.58. The number of unbranched alkanes of at least 4 members (excludes halogenated alkanes) is 1. The van der Waals surface area contributed by atoms with E-state index in [2.05, 4.69) is 65.7 Å². The van der Waals surface area contributed by atoms with E-state index in [4.69, 9.17) is 0 Å². The van der Waals surface area contributed by atoms with E-state index in [0.717, 1.165) is 52.9 Å². The number of hydrogen-bond donors (Lipinski definition) is 1. The van der Waals surface area contributed by atoms with Crippen LogP contribution >= 0.6 is 15.9 Å². The molecule has 0 spiro atoms. The van der Waals surface area contributed by atoms with E-state index in [1.807, 2.05) is 40.6 Å². The van der Waals surface area contributed by atoms with Crippen LogP contribution in [0.1, 0.15) is 61.5 Å². The van der Waals surface area contributed by atoms with Crippen LogP contribution in [0.5, 0.6) is 0 Å². The number of carbonyl (C=O) groups is 1. The first-order chi connectivity index (χ1) is 15.6. The minimum absolute atomic E-state index is 0.00645. The first-order valence-corrected chi connectivity index (χ1v) is 11.6. The van der Waals surface area contributed by atoms with Crippen molar-refractivity contribution in [2.24, 2.45) is 0 Å². The van der Waals surface area contributed by atoms with Crippen molar-refractivity contribution in [3.05, 3.63) is 58.2 Å². The molecule has 0 bridgehead atoms. The first kappa shape index (κ1) is 22.1. The summed E-state index contributed by atoms with van der Waals surface area (Å²) in [7, 11) is 0. The average molecular weight is 497 g/mol. The number of ketones is 1. The molecule has 1 N–H and O–H groups in total. The summed E-state index contributed by atoms with van der Waals surface area (Å²) in [5.41, 5.74) is 2.91. The summed E-state index contributed by atoms with van der Waals surface area (Å²) in [5.74, 6) is 1.78. The zero-order valence-electron chi connectivity index (χ0n) is 18.1. The Bertz CT molecular complexity index is 1180. The first-order valence-electron chi connectivity index (χ1n) is 10.8. The van der Waals surface area contributed by atoms with E-state index in [1.165, 1.54) is 0 Å². The van der Waals surface area contributed by atoms with Gasteiger partial charge in [-0.25, -0.2) is 14.8 Å². The lowest BCUT2D eigenvalue weighted by molar-refractivity contribution is 0.0971. The fraction of sp³-hybridized carbons (Fsp3) is 0.364. The minimum atomic E-state index is 0.00645. The number of benzene rings is 1. The Kier molecular flexibility index (Phi) is 6.89. The van der Waals surface area contributed by atoms with Gasteiger partial charge in [0.2, 0.25) is 11.6 Å². The van der Waals surface area contributed by atoms with Crippen molar-refractivity contribution >= 4 is 21.7 Å². The molecule has 0 atom stereocenters. The third-order valence-corrected chi connectivity index (χ3v) is 5.82. The van der Waals surface area contributed by atoms with Gasteiger partial charge in [-0.1, -0.05) is 32.4 Å². The van der Waals surface area contributed by atoms with E-state index in [-0.39, 0.29) is 5.78 Å². The standard InChI is InChI=1S/C22H25BrN8O/c1-3-5-7-19-24-21(18(32)6-4-2)27-31(19)14-15-8-10-16(11-9-15)30-13-12-17(23)20(30)22-25-28-29-26-22/h8-13H,3-7,14H2,1-2H3,(H,25,26,28,29). The van der Waals surface area contributed by atoms with Gasteiger partial charge in [0.25, 0.3) is 0 Å². The molecule has 4 aromatic rings. The minimum Gasteiger partial charge on any atom is -0.313 e. The maximum atomic E-state index is 12.3. The lowest BCUT2D eigenvalue weighted by Crippen LogP contribution is -2.08. The Labute approximate surface area is 194 Å². The largest absolute Gasteiger partial charge is 0.313 e. The molecule has 4 rings (SSSR count). The second kappa shape index (κ2) is 9.99. The predicted octanol–water partition coefficient (Wildman–Crippen LogP) is 4.39. The van der Waals surface area contributed by atoms with Gasteiger partial charge in [0, 0.05) is 29.2 Å². The van der Waals surface area contributed by atoms with Crippen molar-refractivity contribution in [1.29, 1.82) is 0 Å². The normalized spacial score (nSPS) is 11.2. The van der Waals surface area contributed by atoms with E-state index in [0.29, 0.717) is 24.6 Å². The van der Waals surface area contributed by atoms with Crippen LogP contribution in [-0.4, -0.2) is 45.7 Å². The third-order valence-electron chi connectivity index (χ3n) is 5.18. The molecule has 3 aromatic heterocycles. The van der Waals surface area contributed by atoms with Crippen molar-refractivity contribution in [2.75, 3.05) is 0 Å². The van der Waals surface area contributed by atoms with Crippen molar-refractivity contribution in [1.82, 2.24) is 40.0 Å². The molecule has 0 aliphatic carbocycles. The molecule has 166 valence electrons. The fourth-order valence-corrected chi connectivity index (χ4v) is 4.02. The molecular formula is C22H25BrN8O. The number of aromatic nitrogens is 8. The molecule has 0 saturated carbocycles. The SMILES string of the molecule is CCCCc1nc(C(=O)CCC)nn1Cc1ccc(-n2ccc(Br)c2-c2nnn[nH]2)cc1. The van der Waals surface area contributed by atoms with E-state index < -0.39 is 0 Å². The smallest absolute Gasteiger partial charge is 0.217 e. The highest BCUT2D eigenvalue weighted by atomic mass is 79.9. The van der Waals surface area contributed by atoms with Gasteiger partial charge in [-0.3, -0.25) is 4.79 Å². The third kappa shape index (κ3) is 4.69. The monoisotopic (exact) mass is 496 g/mol. The number of tetrazole rings is 1. The Hall–Kier alpha value is -3.14. The van der Waals surface area contributed by atoms with Gasteiger partial charge >= 0.3 is 0 Å². The Morgan fingerprint density at radius 2 is 1.94 bits per heavy atom. The summed E-state index contributed by atoms with van der Waals surface area (Å²) in [4.78, 5) is 16.8. The molecule has 10 heteroatoms. The predicted molar refractivity (Wildman–Crippen MR) is 124 cm³/mol. The molecule has 0 unspecified atom stereocenters. The van der Waals surface area contributed by atoms with Crippen LogP contribution in [0.3, 0.4) is 0 Å². The molecule has 0 saturated heterocycles. The maximum absolute atomic E-state index is 12.3. The summed E-state index contributed by atoms with van der Waals surface area (Å²) in [6.07, 6.45) is 6.12. The van der Waals surface area contributed by atoms with Crippen molar-refractivity contribution < 1.29 is 4.79 Å². The number of aryl methyl sites for hydroxylation is 1. The summed E-state index contributed by atoms with van der Waals surface area (Å²) >= 11 is 3.57. The highest BCUT2D eigenvalue weighted by Crippen LogP contribution is 2.29. The number of Topliss-reactive ketones (excluding diaryl/α,β-unsaturated/α-hetero) is 1. The van der Waals surface area contributed by atoms with Gasteiger partial charge in [0.05, 0.1) is 6.54 Å². The van der Waals surface area contributed by atoms with Crippen molar-refractivity contribution in [3.8, 4) is 17.2 Å². The van der Waals surface area contributed by atoms with Crippen LogP contribution in [0.15, 0.2) is 41.0 Å². The van der Waals surface area contributed by atoms with Crippen molar-refractivity contribution in [3.63, 3.8) is 0 Å². The van der Waals surface area contributed by atoms with Crippen LogP contribution in [0.4, 0.5) is 0 Å². The maximum Gasteiger partial charge on any atom is 0.217 e. The number of hydrogen-bond acceptors (Lipinski definition) is 6. The summed E-state index contributed by atoms with van der Waals surface area (Å²) in [6, 6.07) is 10.2. The van der Waals surface area contributed by atoms with Gasteiger partial charge in [-0.2, -0.15) is 0 Å². The molecular weight excluding hydrogens is 472 g/mol. The molecule has 0 amide bonds. The molecule has 0 aliphatic rings. The second-order valence-corrected chi connectivity index (χ2v) is 8.44. The van der Waals surface area contributed by atoms with Crippen LogP contribution in [0, 0.1) is 0 Å². The quantitative estimate of drug-likeness (QED) is 0.326. The topological polar surface area (TPSA) is 107 Å². The number of nitrogens with zero attached hydrogens (tertiary/aromatic N) is 7. The van der Waals surface area contributed by atoms with Gasteiger partial charge in [-0.05, 0) is 63.0 Å². The van der Waals surface area contributed by atoms with Gasteiger partial charge in [-0.15, -0.1) is 10.2 Å². The fourth-order valence-electron chi connectivity index (χ4n) is 3.52. The molecule has 0 aliphatic heterocycles. The van der Waals surface area contributed by atoms with Gasteiger partial charge in [0.1, 0.15) is 11.5 Å². The summed E-state index contributed by atoms with van der Waals surface area (Å²) in [5, 5.41) is 18.7. The highest BCUT2D eigenvalue weighted by molar-refractivity contribution is 9.10. The van der Waals surface area contributed by atoms with E-state index in [1.54, 1.807) is 0 Å². The van der Waals surface area contributed by atoms with Crippen LogP contribution in [0.25, 0.3) is 17.2 Å². The number of H-pyrrole nitrogens is 1. The average Bonchev–Trinajstić information content (AvgIpc) is 3.53. The number of nitrogens with one attached hydrogen (secondary N) is 1. The summed E-state index contributed by atoms with van der Waals surface area (Å²) in [6.45, 7) is 4.70. The molecule has 0 radical (unpaired) electrons. The molecule has 3 heterocycles. The zero-order valence-corrected chi connectivity index (χ0v) is 19.7. The van der Waals surface area contributed by atoms with Crippen LogP contribution < -0.4 is 0 Å². The summed E-state index contributed by atoms with van der Waals surface area (Å²) < 4.78 is 4.78.